The molecule has 0 aliphatic heterocycles. The van der Waals surface area contributed by atoms with E-state index in [1.807, 2.05) is 25.2 Å². The van der Waals surface area contributed by atoms with E-state index >= 15 is 0 Å². The minimum Gasteiger partial charge on any atom is -0.322 e. The molecule has 1 unspecified atom stereocenters. The van der Waals surface area contributed by atoms with Crippen LogP contribution in [-0.4, -0.2) is 21.9 Å². The first-order valence-corrected chi connectivity index (χ1v) is 7.46. The molecule has 23 heavy (non-hydrogen) atoms. The SMILES string of the molecule is CC(c1ccncc1)N(C)Cc1cc2ccc(F)cc2[nH]c1=O. The van der Waals surface area contributed by atoms with Crippen LogP contribution in [0, 0.1) is 5.82 Å². The smallest absolute Gasteiger partial charge is 0.252 e. The minimum atomic E-state index is -0.357. The van der Waals surface area contributed by atoms with Crippen molar-refractivity contribution >= 4 is 10.9 Å². The Kier molecular flexibility index (Phi) is 4.21. The van der Waals surface area contributed by atoms with Crippen molar-refractivity contribution in [3.8, 4) is 0 Å². The Morgan fingerprint density at radius 1 is 1.22 bits per heavy atom. The van der Waals surface area contributed by atoms with E-state index in [9.17, 15) is 9.18 Å². The minimum absolute atomic E-state index is 0.154. The van der Waals surface area contributed by atoms with Crippen LogP contribution < -0.4 is 5.56 Å². The molecule has 0 aliphatic carbocycles. The van der Waals surface area contributed by atoms with Gasteiger partial charge >= 0.3 is 0 Å². The number of aromatic nitrogens is 2. The summed E-state index contributed by atoms with van der Waals surface area (Å²) in [6, 6.07) is 10.3. The lowest BCUT2D eigenvalue weighted by molar-refractivity contribution is 0.252. The van der Waals surface area contributed by atoms with Gasteiger partial charge in [-0.3, -0.25) is 14.7 Å². The molecule has 0 spiro atoms. The van der Waals surface area contributed by atoms with Crippen molar-refractivity contribution in [2.45, 2.75) is 19.5 Å². The van der Waals surface area contributed by atoms with Crippen molar-refractivity contribution in [3.63, 3.8) is 0 Å². The molecular formula is C18H18FN3O. The fourth-order valence-corrected chi connectivity index (χ4v) is 2.64. The summed E-state index contributed by atoms with van der Waals surface area (Å²) in [7, 11) is 1.97. The van der Waals surface area contributed by atoms with Crippen LogP contribution in [0.3, 0.4) is 0 Å². The van der Waals surface area contributed by atoms with E-state index in [0.29, 0.717) is 17.6 Å². The largest absolute Gasteiger partial charge is 0.322 e. The van der Waals surface area contributed by atoms with E-state index in [-0.39, 0.29) is 17.4 Å². The lowest BCUT2D eigenvalue weighted by atomic mass is 10.1. The summed E-state index contributed by atoms with van der Waals surface area (Å²) in [5, 5.41) is 0.825. The van der Waals surface area contributed by atoms with E-state index in [2.05, 4.69) is 21.8 Å². The van der Waals surface area contributed by atoms with E-state index in [0.717, 1.165) is 10.9 Å². The van der Waals surface area contributed by atoms with Gasteiger partial charge in [0, 0.05) is 30.5 Å². The average molecular weight is 311 g/mol. The molecule has 1 atom stereocenters. The molecule has 0 fully saturated rings. The van der Waals surface area contributed by atoms with Crippen LogP contribution in [0.1, 0.15) is 24.1 Å². The highest BCUT2D eigenvalue weighted by Crippen LogP contribution is 2.20. The number of hydrogen-bond donors (Lipinski definition) is 1. The quantitative estimate of drug-likeness (QED) is 0.804. The summed E-state index contributed by atoms with van der Waals surface area (Å²) in [5.74, 6) is -0.357. The second-order valence-corrected chi connectivity index (χ2v) is 5.73. The molecule has 3 aromatic rings. The Balaban J connectivity index is 1.87. The monoisotopic (exact) mass is 311 g/mol. The number of rotatable bonds is 4. The Hall–Kier alpha value is -2.53. The van der Waals surface area contributed by atoms with Gasteiger partial charge in [-0.25, -0.2) is 4.39 Å². The van der Waals surface area contributed by atoms with Crippen LogP contribution >= 0.6 is 0 Å². The van der Waals surface area contributed by atoms with Crippen LogP contribution in [0.4, 0.5) is 4.39 Å². The van der Waals surface area contributed by atoms with Gasteiger partial charge in [-0.05, 0) is 61.3 Å². The molecule has 2 heterocycles. The highest BCUT2D eigenvalue weighted by molar-refractivity contribution is 5.78. The van der Waals surface area contributed by atoms with Gasteiger partial charge in [-0.15, -0.1) is 0 Å². The maximum Gasteiger partial charge on any atom is 0.252 e. The first-order valence-electron chi connectivity index (χ1n) is 7.46. The van der Waals surface area contributed by atoms with Gasteiger partial charge in [0.1, 0.15) is 5.82 Å². The number of halogens is 1. The Morgan fingerprint density at radius 2 is 1.96 bits per heavy atom. The molecule has 5 heteroatoms. The van der Waals surface area contributed by atoms with E-state index in [1.54, 1.807) is 18.5 Å². The van der Waals surface area contributed by atoms with Crippen LogP contribution in [0.2, 0.25) is 0 Å². The maximum absolute atomic E-state index is 13.2. The van der Waals surface area contributed by atoms with Crippen LogP contribution in [0.5, 0.6) is 0 Å². The number of H-pyrrole nitrogens is 1. The summed E-state index contributed by atoms with van der Waals surface area (Å²) in [6.07, 6.45) is 3.52. The third-order valence-corrected chi connectivity index (χ3v) is 4.15. The fourth-order valence-electron chi connectivity index (χ4n) is 2.64. The van der Waals surface area contributed by atoms with E-state index in [4.69, 9.17) is 0 Å². The first-order chi connectivity index (χ1) is 11.0. The van der Waals surface area contributed by atoms with Gasteiger partial charge < -0.3 is 4.98 Å². The van der Waals surface area contributed by atoms with Crippen LogP contribution in [0.15, 0.2) is 53.6 Å². The zero-order valence-electron chi connectivity index (χ0n) is 13.1. The standard InChI is InChI=1S/C18H18FN3O/c1-12(13-5-7-20-8-6-13)22(2)11-15-9-14-3-4-16(19)10-17(14)21-18(15)23/h3-10,12H,11H2,1-2H3,(H,21,23). The Morgan fingerprint density at radius 3 is 2.70 bits per heavy atom. The molecule has 118 valence electrons. The Labute approximate surface area is 133 Å². The summed E-state index contributed by atoms with van der Waals surface area (Å²) in [5.41, 5.74) is 2.13. The summed E-state index contributed by atoms with van der Waals surface area (Å²) >= 11 is 0. The molecule has 4 nitrogen and oxygen atoms in total. The number of fused-ring (bicyclic) bond motifs is 1. The second kappa shape index (κ2) is 6.30. The molecular weight excluding hydrogens is 293 g/mol. The topological polar surface area (TPSA) is 49.0 Å². The lowest BCUT2D eigenvalue weighted by Crippen LogP contribution is -2.26. The maximum atomic E-state index is 13.2. The van der Waals surface area contributed by atoms with Gasteiger partial charge in [0.05, 0.1) is 5.52 Å². The second-order valence-electron chi connectivity index (χ2n) is 5.73. The lowest BCUT2D eigenvalue weighted by Gasteiger charge is -2.24. The summed E-state index contributed by atoms with van der Waals surface area (Å²) in [6.45, 7) is 2.59. The predicted molar refractivity (Wildman–Crippen MR) is 88.6 cm³/mol. The van der Waals surface area contributed by atoms with Crippen molar-refractivity contribution < 1.29 is 4.39 Å². The van der Waals surface area contributed by atoms with Crippen molar-refractivity contribution in [1.82, 2.24) is 14.9 Å². The number of nitrogens with one attached hydrogen (secondary N) is 1. The molecule has 0 aliphatic rings. The average Bonchev–Trinajstić information content (AvgIpc) is 2.55. The number of benzene rings is 1. The van der Waals surface area contributed by atoms with E-state index < -0.39 is 0 Å². The van der Waals surface area contributed by atoms with Gasteiger partial charge in [0.25, 0.3) is 5.56 Å². The van der Waals surface area contributed by atoms with Crippen molar-refractivity contribution in [2.75, 3.05) is 7.05 Å². The summed E-state index contributed by atoms with van der Waals surface area (Å²) < 4.78 is 13.2. The molecule has 0 saturated heterocycles. The number of pyridine rings is 2. The van der Waals surface area contributed by atoms with Gasteiger partial charge in [0.2, 0.25) is 0 Å². The highest BCUT2D eigenvalue weighted by Gasteiger charge is 2.14. The zero-order valence-corrected chi connectivity index (χ0v) is 13.1. The molecule has 0 amide bonds. The van der Waals surface area contributed by atoms with Crippen LogP contribution in [0.25, 0.3) is 10.9 Å². The van der Waals surface area contributed by atoms with Crippen molar-refractivity contribution in [3.05, 3.63) is 76.1 Å². The third kappa shape index (κ3) is 3.29. The zero-order chi connectivity index (χ0) is 16.4. The summed E-state index contributed by atoms with van der Waals surface area (Å²) in [4.78, 5) is 21.1. The van der Waals surface area contributed by atoms with Gasteiger partial charge in [-0.1, -0.05) is 0 Å². The van der Waals surface area contributed by atoms with Crippen molar-refractivity contribution in [2.24, 2.45) is 0 Å². The predicted octanol–water partition coefficient (Wildman–Crippen LogP) is 3.26. The third-order valence-electron chi connectivity index (χ3n) is 4.15. The molecule has 1 N–H and O–H groups in total. The number of hydrogen-bond acceptors (Lipinski definition) is 3. The van der Waals surface area contributed by atoms with E-state index in [1.165, 1.54) is 12.1 Å². The molecule has 3 rings (SSSR count). The fraction of sp³-hybridized carbons (Fsp3) is 0.222. The van der Waals surface area contributed by atoms with Gasteiger partial charge in [-0.2, -0.15) is 0 Å². The molecule has 0 bridgehead atoms. The molecule has 1 aromatic carbocycles. The van der Waals surface area contributed by atoms with Crippen LogP contribution in [-0.2, 0) is 6.54 Å². The molecule has 0 saturated carbocycles. The Bertz CT molecular complexity index is 876. The van der Waals surface area contributed by atoms with Crippen molar-refractivity contribution in [1.29, 1.82) is 0 Å². The first kappa shape index (κ1) is 15.4. The number of aromatic amines is 1. The highest BCUT2D eigenvalue weighted by atomic mass is 19.1. The molecule has 0 radical (unpaired) electrons. The number of nitrogens with zero attached hydrogens (tertiary/aromatic N) is 2. The normalized spacial score (nSPS) is 12.7. The van der Waals surface area contributed by atoms with Gasteiger partial charge in [0.15, 0.2) is 0 Å². The molecule has 2 aromatic heterocycles.